The molecule has 2 aromatic rings. The zero-order valence-corrected chi connectivity index (χ0v) is 23.3. The first-order chi connectivity index (χ1) is 17.6. The third-order valence-electron chi connectivity index (χ3n) is 7.01. The van der Waals surface area contributed by atoms with E-state index in [1.165, 1.54) is 0 Å². The second kappa shape index (κ2) is 11.4. The number of aromatic nitrogens is 2. The summed E-state index contributed by atoms with van der Waals surface area (Å²) < 4.78 is 38.2. The highest BCUT2D eigenvalue weighted by molar-refractivity contribution is 7.92. The van der Waals surface area contributed by atoms with Gasteiger partial charge < -0.3 is 5.32 Å². The number of anilines is 1. The van der Waals surface area contributed by atoms with E-state index in [4.69, 9.17) is 11.6 Å². The van der Waals surface area contributed by atoms with E-state index in [0.717, 1.165) is 49.2 Å². The number of H-pyrrole nitrogens is 1. The van der Waals surface area contributed by atoms with Gasteiger partial charge in [0, 0.05) is 17.8 Å². The van der Waals surface area contributed by atoms with Gasteiger partial charge in [-0.25, -0.2) is 22.8 Å². The molecule has 11 heteroatoms. The number of aliphatic imine (C=N–C) groups is 2. The Morgan fingerprint density at radius 1 is 1.30 bits per heavy atom. The molecule has 0 spiro atoms. The predicted octanol–water partition coefficient (Wildman–Crippen LogP) is 5.10. The molecule has 0 aliphatic carbocycles. The highest BCUT2D eigenvalue weighted by Gasteiger charge is 2.39. The predicted molar refractivity (Wildman–Crippen MR) is 149 cm³/mol. The molecule has 0 saturated carbocycles. The van der Waals surface area contributed by atoms with Crippen LogP contribution in [0.3, 0.4) is 0 Å². The van der Waals surface area contributed by atoms with Crippen LogP contribution in [0.4, 0.5) is 15.9 Å². The number of aromatic amines is 1. The van der Waals surface area contributed by atoms with Crippen LogP contribution in [0.25, 0.3) is 0 Å². The molecule has 2 fully saturated rings. The van der Waals surface area contributed by atoms with Gasteiger partial charge in [-0.3, -0.25) is 10.00 Å². The van der Waals surface area contributed by atoms with Gasteiger partial charge in [-0.2, -0.15) is 5.10 Å². The molecule has 3 heterocycles. The summed E-state index contributed by atoms with van der Waals surface area (Å²) in [6, 6.07) is 5.40. The molecule has 0 atom stereocenters. The first-order valence-electron chi connectivity index (χ1n) is 12.6. The number of amidine groups is 2. The third-order valence-corrected chi connectivity index (χ3v) is 9.18. The normalized spacial score (nSPS) is 20.2. The lowest BCUT2D eigenvalue weighted by Gasteiger charge is -2.41. The van der Waals surface area contributed by atoms with E-state index in [-0.39, 0.29) is 35.1 Å². The van der Waals surface area contributed by atoms with Gasteiger partial charge in [-0.1, -0.05) is 24.6 Å². The summed E-state index contributed by atoms with van der Waals surface area (Å²) in [7, 11) is -2.83. The second-order valence-electron chi connectivity index (χ2n) is 9.73. The first-order valence-corrected chi connectivity index (χ1v) is 14.8. The molecule has 2 saturated heterocycles. The van der Waals surface area contributed by atoms with Crippen LogP contribution in [0.1, 0.15) is 56.4 Å². The lowest BCUT2D eigenvalue weighted by atomic mass is 9.86. The zero-order valence-electron chi connectivity index (χ0n) is 21.7. The lowest BCUT2D eigenvalue weighted by molar-refractivity contribution is 0.166. The minimum Gasteiger partial charge on any atom is -0.342 e. The minimum absolute atomic E-state index is 0.142. The summed E-state index contributed by atoms with van der Waals surface area (Å²) in [4.78, 5) is 11.2. The van der Waals surface area contributed by atoms with Crippen LogP contribution in [-0.2, 0) is 16.3 Å². The highest BCUT2D eigenvalue weighted by Crippen LogP contribution is 2.34. The van der Waals surface area contributed by atoms with Crippen molar-refractivity contribution in [2.75, 3.05) is 29.9 Å². The van der Waals surface area contributed by atoms with Gasteiger partial charge in [0.05, 0.1) is 22.2 Å². The molecule has 1 aromatic carbocycles. The van der Waals surface area contributed by atoms with E-state index in [9.17, 15) is 8.42 Å². The molecule has 8 nitrogen and oxygen atoms in total. The molecule has 37 heavy (non-hydrogen) atoms. The van der Waals surface area contributed by atoms with E-state index in [2.05, 4.69) is 30.4 Å². The quantitative estimate of drug-likeness (QED) is 0.386. The van der Waals surface area contributed by atoms with E-state index >= 15 is 4.39 Å². The molecular formula is C26H34ClFN6O2S. The maximum atomic E-state index is 15.2. The van der Waals surface area contributed by atoms with Crippen LogP contribution in [0.5, 0.6) is 0 Å². The van der Waals surface area contributed by atoms with Gasteiger partial charge in [0.1, 0.15) is 11.7 Å². The van der Waals surface area contributed by atoms with Crippen molar-refractivity contribution >= 4 is 44.6 Å². The maximum absolute atomic E-state index is 15.2. The average molecular weight is 549 g/mol. The van der Waals surface area contributed by atoms with Gasteiger partial charge in [-0.05, 0) is 82.3 Å². The molecule has 1 aromatic heterocycles. The Labute approximate surface area is 223 Å². The van der Waals surface area contributed by atoms with Gasteiger partial charge in [0.15, 0.2) is 21.5 Å². The summed E-state index contributed by atoms with van der Waals surface area (Å²) in [6.45, 7) is 9.20. The molecule has 0 bridgehead atoms. The Hall–Kier alpha value is -2.56. The number of sulfone groups is 1. The number of aryl methyl sites for hydroxylation is 2. The van der Waals surface area contributed by atoms with Gasteiger partial charge in [0.25, 0.3) is 0 Å². The van der Waals surface area contributed by atoms with Crippen molar-refractivity contribution in [3.63, 3.8) is 0 Å². The number of allylic oxidation sites excluding steroid dienone is 1. The summed E-state index contributed by atoms with van der Waals surface area (Å²) in [5.41, 5.74) is 3.30. The smallest absolute Gasteiger partial charge is 0.176 e. The molecule has 2 aliphatic heterocycles. The summed E-state index contributed by atoms with van der Waals surface area (Å²) in [5, 5.41) is 10.5. The van der Waals surface area contributed by atoms with Crippen molar-refractivity contribution in [2.24, 2.45) is 9.98 Å². The topological polar surface area (TPSA) is 103 Å². The van der Waals surface area contributed by atoms with Crippen LogP contribution in [-0.4, -0.2) is 65.8 Å². The van der Waals surface area contributed by atoms with Crippen molar-refractivity contribution < 1.29 is 12.8 Å². The Morgan fingerprint density at radius 2 is 2.00 bits per heavy atom. The van der Waals surface area contributed by atoms with Gasteiger partial charge >= 0.3 is 0 Å². The Bertz CT molecular complexity index is 1330. The van der Waals surface area contributed by atoms with Crippen LogP contribution < -0.4 is 5.32 Å². The highest BCUT2D eigenvalue weighted by atomic mass is 35.5. The van der Waals surface area contributed by atoms with E-state index in [0.29, 0.717) is 22.4 Å². The Balaban J connectivity index is 1.45. The molecule has 200 valence electrons. The minimum atomic E-state index is -2.83. The number of rotatable bonds is 6. The fraction of sp³-hybridized carbons (Fsp3) is 0.500. The largest absolute Gasteiger partial charge is 0.342 e. The van der Waals surface area contributed by atoms with Crippen molar-refractivity contribution in [1.29, 1.82) is 0 Å². The maximum Gasteiger partial charge on any atom is 0.176 e. The molecule has 0 amide bonds. The molecule has 0 unspecified atom stereocenters. The van der Waals surface area contributed by atoms with Crippen molar-refractivity contribution in [1.82, 2.24) is 15.1 Å². The van der Waals surface area contributed by atoms with Crippen LogP contribution in [0, 0.1) is 12.7 Å². The molecule has 4 rings (SSSR count). The van der Waals surface area contributed by atoms with Crippen LogP contribution >= 0.6 is 11.6 Å². The van der Waals surface area contributed by atoms with Crippen LogP contribution in [0.15, 0.2) is 39.3 Å². The van der Waals surface area contributed by atoms with E-state index in [1.807, 2.05) is 26.0 Å². The number of halogens is 2. The standard InChI is InChI=1S/C26H34ClFN6O2S/c1-5-19-12-25(33-32-19)31-26(22(27)6-2)30-17(4)29-24-11-16(3)21(13-23(24)28)18-7-9-34(10-8-18)20-14-37(35,36)15-20/h6,11-13,18,20H,5,7-10,14-15H2,1-4H3,(H2,29,30,31,32,33)/b22-6+. The van der Waals surface area contributed by atoms with Gasteiger partial charge in [0.2, 0.25) is 0 Å². The second-order valence-corrected chi connectivity index (χ2v) is 12.3. The fourth-order valence-corrected chi connectivity index (χ4v) is 6.48. The van der Waals surface area contributed by atoms with E-state index in [1.54, 1.807) is 26.0 Å². The zero-order chi connectivity index (χ0) is 26.7. The van der Waals surface area contributed by atoms with Crippen molar-refractivity contribution in [3.8, 4) is 0 Å². The van der Waals surface area contributed by atoms with Gasteiger partial charge in [-0.15, -0.1) is 0 Å². The molecule has 2 aliphatic rings. The van der Waals surface area contributed by atoms with Crippen molar-refractivity contribution in [3.05, 3.63) is 51.9 Å². The molecule has 0 radical (unpaired) electrons. The number of likely N-dealkylation sites (tertiary alicyclic amines) is 1. The number of piperidine rings is 1. The first kappa shape index (κ1) is 27.5. The number of nitrogens with zero attached hydrogens (tertiary/aromatic N) is 4. The SMILES string of the molecule is C/C=C(/Cl)C(N=C(C)Nc1cc(C)c(C2CCN(C3CS(=O)(=O)C3)CC2)cc1F)=Nc1cc(CC)[nH]n1. The number of hydrogen-bond donors (Lipinski definition) is 2. The Morgan fingerprint density at radius 3 is 2.59 bits per heavy atom. The number of nitrogens with one attached hydrogen (secondary N) is 2. The number of benzene rings is 1. The summed E-state index contributed by atoms with van der Waals surface area (Å²) in [6.07, 6.45) is 4.27. The monoisotopic (exact) mass is 548 g/mol. The molecule has 2 N–H and O–H groups in total. The van der Waals surface area contributed by atoms with E-state index < -0.39 is 9.84 Å². The Kier molecular flexibility index (Phi) is 8.50. The van der Waals surface area contributed by atoms with Crippen molar-refractivity contribution in [2.45, 2.75) is 58.9 Å². The molecular weight excluding hydrogens is 515 g/mol. The average Bonchev–Trinajstić information content (AvgIpc) is 3.31. The third kappa shape index (κ3) is 6.66. The lowest BCUT2D eigenvalue weighted by Crippen LogP contribution is -2.55. The number of hydrogen-bond acceptors (Lipinski definition) is 5. The van der Waals surface area contributed by atoms with Crippen LogP contribution in [0.2, 0.25) is 0 Å². The summed E-state index contributed by atoms with van der Waals surface area (Å²) >= 11 is 6.34. The fourth-order valence-electron chi connectivity index (χ4n) is 4.90. The summed E-state index contributed by atoms with van der Waals surface area (Å²) in [5.74, 6) is 1.63.